The van der Waals surface area contributed by atoms with Crippen LogP contribution < -0.4 is 11.1 Å². The monoisotopic (exact) mass is 274 g/mol. The third kappa shape index (κ3) is 2.64. The number of aromatic nitrogens is 2. The van der Waals surface area contributed by atoms with Gasteiger partial charge in [0.05, 0.1) is 17.3 Å². The van der Waals surface area contributed by atoms with Crippen molar-refractivity contribution < 1.29 is 9.32 Å². The van der Waals surface area contributed by atoms with Crippen LogP contribution in [-0.4, -0.2) is 16.0 Å². The first-order valence-electron chi connectivity index (χ1n) is 6.36. The number of amides is 1. The lowest BCUT2D eigenvalue weighted by Crippen LogP contribution is -2.28. The molecule has 0 saturated carbocycles. The summed E-state index contributed by atoms with van der Waals surface area (Å²) in [5, 5.41) is 6.76. The molecule has 1 amide bonds. The lowest BCUT2D eigenvalue weighted by molar-refractivity contribution is 0.0940. The van der Waals surface area contributed by atoms with Gasteiger partial charge in [-0.3, -0.25) is 9.78 Å². The first kappa shape index (κ1) is 14.0. The topological polar surface area (TPSA) is 94.0 Å². The number of carbonyl (C=O) groups excluding carboxylic acids is 1. The third-order valence-electron chi connectivity index (χ3n) is 3.19. The number of rotatable bonds is 3. The predicted molar refractivity (Wildman–Crippen MR) is 75.2 cm³/mol. The second-order valence-electron chi connectivity index (χ2n) is 4.85. The first-order chi connectivity index (χ1) is 9.40. The highest BCUT2D eigenvalue weighted by molar-refractivity contribution is 5.99. The molecule has 2 aromatic heterocycles. The normalized spacial score (nSPS) is 12.2. The largest absolute Gasteiger partial charge is 0.398 e. The van der Waals surface area contributed by atoms with Crippen molar-refractivity contribution in [2.24, 2.45) is 0 Å². The van der Waals surface area contributed by atoms with E-state index in [9.17, 15) is 4.79 Å². The second-order valence-corrected chi connectivity index (χ2v) is 4.85. The summed E-state index contributed by atoms with van der Waals surface area (Å²) in [5.41, 5.74) is 9.06. The van der Waals surface area contributed by atoms with Gasteiger partial charge >= 0.3 is 0 Å². The molecule has 0 aliphatic heterocycles. The number of carbonyl (C=O) groups is 1. The lowest BCUT2D eigenvalue weighted by atomic mass is 10.1. The Kier molecular flexibility index (Phi) is 3.74. The first-order valence-corrected chi connectivity index (χ1v) is 6.36. The van der Waals surface area contributed by atoms with Crippen LogP contribution in [-0.2, 0) is 0 Å². The molecular weight excluding hydrogens is 256 g/mol. The van der Waals surface area contributed by atoms with Crippen LogP contribution in [0.5, 0.6) is 0 Å². The zero-order valence-corrected chi connectivity index (χ0v) is 12.0. The highest BCUT2D eigenvalue weighted by Crippen LogP contribution is 2.22. The van der Waals surface area contributed by atoms with E-state index in [0.29, 0.717) is 17.0 Å². The Labute approximate surface area is 117 Å². The van der Waals surface area contributed by atoms with E-state index < -0.39 is 0 Å². The standard InChI is InChI=1S/C14H18N4O2/c1-7-5-12(15)11(6-16-7)14(19)17-8(2)13-9(3)18-20-10(13)4/h5-6,8H,1-4H3,(H2,15,16)(H,17,19). The molecule has 6 nitrogen and oxygen atoms in total. The fraction of sp³-hybridized carbons (Fsp3) is 0.357. The lowest BCUT2D eigenvalue weighted by Gasteiger charge is -2.14. The summed E-state index contributed by atoms with van der Waals surface area (Å²) in [5.74, 6) is 0.438. The van der Waals surface area contributed by atoms with Gasteiger partial charge < -0.3 is 15.6 Å². The zero-order valence-electron chi connectivity index (χ0n) is 12.0. The van der Waals surface area contributed by atoms with Crippen LogP contribution >= 0.6 is 0 Å². The Bertz CT molecular complexity index is 629. The fourth-order valence-electron chi connectivity index (χ4n) is 2.23. The van der Waals surface area contributed by atoms with Gasteiger partial charge in [-0.15, -0.1) is 0 Å². The molecule has 0 aliphatic rings. The molecule has 0 aromatic carbocycles. The molecule has 0 saturated heterocycles. The van der Waals surface area contributed by atoms with Gasteiger partial charge in [0.1, 0.15) is 5.76 Å². The summed E-state index contributed by atoms with van der Waals surface area (Å²) >= 11 is 0. The number of nitrogens with two attached hydrogens (primary N) is 1. The van der Waals surface area contributed by atoms with Gasteiger partial charge in [-0.1, -0.05) is 5.16 Å². The average Bonchev–Trinajstić information content (AvgIpc) is 2.68. The van der Waals surface area contributed by atoms with Crippen LogP contribution in [0.1, 0.15) is 46.0 Å². The Morgan fingerprint density at radius 1 is 1.40 bits per heavy atom. The third-order valence-corrected chi connectivity index (χ3v) is 3.19. The highest BCUT2D eigenvalue weighted by atomic mass is 16.5. The summed E-state index contributed by atoms with van der Waals surface area (Å²) in [6.07, 6.45) is 1.49. The van der Waals surface area contributed by atoms with E-state index >= 15 is 0 Å². The van der Waals surface area contributed by atoms with Crippen molar-refractivity contribution in [2.45, 2.75) is 33.7 Å². The van der Waals surface area contributed by atoms with E-state index in [0.717, 1.165) is 17.0 Å². The molecule has 0 radical (unpaired) electrons. The molecule has 1 atom stereocenters. The average molecular weight is 274 g/mol. The van der Waals surface area contributed by atoms with Gasteiger partial charge in [0.25, 0.3) is 5.91 Å². The second kappa shape index (κ2) is 5.32. The summed E-state index contributed by atoms with van der Waals surface area (Å²) in [6, 6.07) is 1.46. The Balaban J connectivity index is 2.19. The highest BCUT2D eigenvalue weighted by Gasteiger charge is 2.20. The van der Waals surface area contributed by atoms with Crippen molar-refractivity contribution in [2.75, 3.05) is 5.73 Å². The van der Waals surface area contributed by atoms with Crippen molar-refractivity contribution in [1.82, 2.24) is 15.5 Å². The number of hydrogen-bond donors (Lipinski definition) is 2. The summed E-state index contributed by atoms with van der Waals surface area (Å²) < 4.78 is 5.10. The van der Waals surface area contributed by atoms with Crippen LogP contribution in [0.15, 0.2) is 16.8 Å². The van der Waals surface area contributed by atoms with E-state index in [4.69, 9.17) is 10.3 Å². The van der Waals surface area contributed by atoms with Crippen LogP contribution in [0.3, 0.4) is 0 Å². The van der Waals surface area contributed by atoms with Crippen LogP contribution in [0.2, 0.25) is 0 Å². The molecule has 1 unspecified atom stereocenters. The SMILES string of the molecule is Cc1cc(N)c(C(=O)NC(C)c2c(C)noc2C)cn1. The van der Waals surface area contributed by atoms with Gasteiger partial charge in [-0.25, -0.2) is 0 Å². The molecule has 0 bridgehead atoms. The number of anilines is 1. The number of nitrogen functional groups attached to an aromatic ring is 1. The number of hydrogen-bond acceptors (Lipinski definition) is 5. The van der Waals surface area contributed by atoms with Gasteiger partial charge in [0, 0.05) is 23.1 Å². The molecule has 2 heterocycles. The van der Waals surface area contributed by atoms with Crippen molar-refractivity contribution in [3.8, 4) is 0 Å². The molecule has 0 aliphatic carbocycles. The summed E-state index contributed by atoms with van der Waals surface area (Å²) in [6.45, 7) is 7.36. The number of pyridine rings is 1. The summed E-state index contributed by atoms with van der Waals surface area (Å²) in [4.78, 5) is 16.3. The summed E-state index contributed by atoms with van der Waals surface area (Å²) in [7, 11) is 0. The molecular formula is C14H18N4O2. The van der Waals surface area contributed by atoms with Gasteiger partial charge in [0.15, 0.2) is 0 Å². The van der Waals surface area contributed by atoms with Gasteiger partial charge in [-0.05, 0) is 33.8 Å². The van der Waals surface area contributed by atoms with Crippen LogP contribution in [0.25, 0.3) is 0 Å². The molecule has 0 spiro atoms. The van der Waals surface area contributed by atoms with Crippen molar-refractivity contribution in [3.63, 3.8) is 0 Å². The minimum Gasteiger partial charge on any atom is -0.398 e. The smallest absolute Gasteiger partial charge is 0.255 e. The van der Waals surface area contributed by atoms with E-state index in [-0.39, 0.29) is 11.9 Å². The Hall–Kier alpha value is -2.37. The van der Waals surface area contributed by atoms with Gasteiger partial charge in [-0.2, -0.15) is 0 Å². The Morgan fingerprint density at radius 2 is 2.10 bits per heavy atom. The number of nitrogens with one attached hydrogen (secondary N) is 1. The maximum atomic E-state index is 12.2. The van der Waals surface area contributed by atoms with Crippen molar-refractivity contribution in [3.05, 3.63) is 40.5 Å². The van der Waals surface area contributed by atoms with Crippen LogP contribution in [0.4, 0.5) is 5.69 Å². The number of nitrogens with zero attached hydrogens (tertiary/aromatic N) is 2. The quantitative estimate of drug-likeness (QED) is 0.893. The predicted octanol–water partition coefficient (Wildman–Crippen LogP) is 2.07. The van der Waals surface area contributed by atoms with E-state index in [1.165, 1.54) is 6.20 Å². The van der Waals surface area contributed by atoms with E-state index in [1.807, 2.05) is 27.7 Å². The van der Waals surface area contributed by atoms with Crippen LogP contribution in [0, 0.1) is 20.8 Å². The molecule has 20 heavy (non-hydrogen) atoms. The zero-order chi connectivity index (χ0) is 14.9. The minimum absolute atomic E-state index is 0.213. The molecule has 6 heteroatoms. The van der Waals surface area contributed by atoms with Crippen molar-refractivity contribution >= 4 is 11.6 Å². The fourth-order valence-corrected chi connectivity index (χ4v) is 2.23. The molecule has 3 N–H and O–H groups in total. The maximum Gasteiger partial charge on any atom is 0.255 e. The maximum absolute atomic E-state index is 12.2. The Morgan fingerprint density at radius 3 is 2.65 bits per heavy atom. The minimum atomic E-state index is -0.262. The van der Waals surface area contributed by atoms with Crippen molar-refractivity contribution in [1.29, 1.82) is 0 Å². The number of aryl methyl sites for hydroxylation is 3. The molecule has 2 aromatic rings. The van der Waals surface area contributed by atoms with E-state index in [2.05, 4.69) is 15.5 Å². The van der Waals surface area contributed by atoms with Gasteiger partial charge in [0.2, 0.25) is 0 Å². The molecule has 106 valence electrons. The molecule has 0 fully saturated rings. The van der Waals surface area contributed by atoms with E-state index in [1.54, 1.807) is 6.07 Å². The molecule has 2 rings (SSSR count).